The van der Waals surface area contributed by atoms with E-state index in [1.165, 1.54) is 0 Å². The van der Waals surface area contributed by atoms with Gasteiger partial charge in [0.1, 0.15) is 5.75 Å². The van der Waals surface area contributed by atoms with Gasteiger partial charge in [-0.05, 0) is 56.0 Å². The summed E-state index contributed by atoms with van der Waals surface area (Å²) >= 11 is 0. The van der Waals surface area contributed by atoms with Crippen molar-refractivity contribution in [1.29, 1.82) is 0 Å². The Kier molecular flexibility index (Phi) is 7.28. The Morgan fingerprint density at radius 2 is 1.79 bits per heavy atom. The normalized spacial score (nSPS) is 14.5. The average molecular weight is 395 g/mol. The van der Waals surface area contributed by atoms with E-state index in [1.54, 1.807) is 0 Å². The van der Waals surface area contributed by atoms with Crippen molar-refractivity contribution in [1.82, 2.24) is 9.80 Å². The number of likely N-dealkylation sites (tertiary alicyclic amines) is 1. The van der Waals surface area contributed by atoms with Crippen molar-refractivity contribution in [3.8, 4) is 5.75 Å². The van der Waals surface area contributed by atoms with Gasteiger partial charge in [-0.2, -0.15) is 0 Å². The molecule has 0 aliphatic carbocycles. The second-order valence-corrected chi connectivity index (χ2v) is 7.58. The van der Waals surface area contributed by atoms with Crippen molar-refractivity contribution in [3.63, 3.8) is 0 Å². The molecule has 0 saturated carbocycles. The van der Waals surface area contributed by atoms with Gasteiger partial charge in [0.2, 0.25) is 0 Å². The van der Waals surface area contributed by atoms with Crippen molar-refractivity contribution < 1.29 is 14.3 Å². The van der Waals surface area contributed by atoms with Crippen LogP contribution in [-0.4, -0.2) is 53.9 Å². The molecule has 5 nitrogen and oxygen atoms in total. The summed E-state index contributed by atoms with van der Waals surface area (Å²) in [5, 5.41) is 0. The summed E-state index contributed by atoms with van der Waals surface area (Å²) in [6.45, 7) is 6.19. The number of amides is 2. The third kappa shape index (κ3) is 5.59. The summed E-state index contributed by atoms with van der Waals surface area (Å²) in [6.07, 6.45) is 2.50. The van der Waals surface area contributed by atoms with E-state index in [0.717, 1.165) is 36.1 Å². The van der Waals surface area contributed by atoms with Crippen LogP contribution in [0, 0.1) is 6.92 Å². The van der Waals surface area contributed by atoms with Crippen LogP contribution in [0.5, 0.6) is 5.75 Å². The molecular formula is C24H30N2O3. The molecule has 0 radical (unpaired) electrons. The summed E-state index contributed by atoms with van der Waals surface area (Å²) in [7, 11) is 0. The molecule has 0 spiro atoms. The first-order valence-electron chi connectivity index (χ1n) is 10.4. The third-order valence-corrected chi connectivity index (χ3v) is 5.35. The van der Waals surface area contributed by atoms with E-state index in [-0.39, 0.29) is 24.5 Å². The molecule has 29 heavy (non-hydrogen) atoms. The number of aryl methyl sites for hydroxylation is 1. The van der Waals surface area contributed by atoms with Gasteiger partial charge in [0.15, 0.2) is 6.61 Å². The van der Waals surface area contributed by atoms with E-state index >= 15 is 0 Å². The first-order valence-corrected chi connectivity index (χ1v) is 10.4. The van der Waals surface area contributed by atoms with Crippen LogP contribution in [-0.2, 0) is 4.79 Å². The number of hydrogen-bond donors (Lipinski definition) is 0. The number of carbonyl (C=O) groups is 2. The van der Waals surface area contributed by atoms with Crippen molar-refractivity contribution >= 4 is 11.8 Å². The van der Waals surface area contributed by atoms with Crippen LogP contribution in [0.1, 0.15) is 42.1 Å². The number of ether oxygens (including phenoxy) is 1. The van der Waals surface area contributed by atoms with Crippen LogP contribution < -0.4 is 4.74 Å². The lowest BCUT2D eigenvalue weighted by molar-refractivity contribution is -0.136. The third-order valence-electron chi connectivity index (χ3n) is 5.35. The molecule has 1 fully saturated rings. The zero-order valence-electron chi connectivity index (χ0n) is 17.3. The van der Waals surface area contributed by atoms with Gasteiger partial charge in [-0.3, -0.25) is 9.59 Å². The van der Waals surface area contributed by atoms with Gasteiger partial charge < -0.3 is 14.5 Å². The fraction of sp³-hybridized carbons (Fsp3) is 0.417. The Labute approximate surface area is 173 Å². The zero-order chi connectivity index (χ0) is 20.6. The maximum absolute atomic E-state index is 12.8. The Bertz CT molecular complexity index is 814. The highest BCUT2D eigenvalue weighted by Gasteiger charge is 2.29. The molecule has 0 aromatic heterocycles. The number of nitrogens with zero attached hydrogens (tertiary/aromatic N) is 2. The second-order valence-electron chi connectivity index (χ2n) is 7.58. The first-order chi connectivity index (χ1) is 14.1. The fourth-order valence-corrected chi connectivity index (χ4v) is 3.83. The topological polar surface area (TPSA) is 49.9 Å². The predicted molar refractivity (Wildman–Crippen MR) is 114 cm³/mol. The second kappa shape index (κ2) is 10.1. The molecule has 1 aliphatic rings. The summed E-state index contributed by atoms with van der Waals surface area (Å²) in [5.41, 5.74) is 1.83. The van der Waals surface area contributed by atoms with Gasteiger partial charge in [-0.25, -0.2) is 0 Å². The summed E-state index contributed by atoms with van der Waals surface area (Å²) in [5.74, 6) is 0.805. The molecule has 0 N–H and O–H groups in total. The number of piperidine rings is 1. The van der Waals surface area contributed by atoms with Crippen LogP contribution in [0.15, 0.2) is 54.6 Å². The zero-order valence-corrected chi connectivity index (χ0v) is 17.3. The lowest BCUT2D eigenvalue weighted by atomic mass is 10.0. The van der Waals surface area contributed by atoms with Gasteiger partial charge in [0, 0.05) is 31.2 Å². The minimum atomic E-state index is 0.0150. The van der Waals surface area contributed by atoms with Crippen LogP contribution >= 0.6 is 0 Å². The van der Waals surface area contributed by atoms with E-state index in [2.05, 4.69) is 6.92 Å². The summed E-state index contributed by atoms with van der Waals surface area (Å²) in [6, 6.07) is 17.3. The highest BCUT2D eigenvalue weighted by atomic mass is 16.5. The van der Waals surface area contributed by atoms with Crippen molar-refractivity contribution in [2.75, 3.05) is 26.2 Å². The number of benzene rings is 2. The van der Waals surface area contributed by atoms with Crippen LogP contribution in [0.4, 0.5) is 0 Å². The molecule has 2 aromatic carbocycles. The average Bonchev–Trinajstić information content (AvgIpc) is 2.76. The highest BCUT2D eigenvalue weighted by molar-refractivity contribution is 5.94. The molecule has 1 heterocycles. The molecule has 154 valence electrons. The number of carbonyl (C=O) groups excluding carboxylic acids is 2. The lowest BCUT2D eigenvalue weighted by Gasteiger charge is -2.38. The molecule has 5 heteroatoms. The van der Waals surface area contributed by atoms with Gasteiger partial charge in [0.25, 0.3) is 11.8 Å². The molecule has 0 bridgehead atoms. The summed E-state index contributed by atoms with van der Waals surface area (Å²) in [4.78, 5) is 29.3. The smallest absolute Gasteiger partial charge is 0.260 e. The standard InChI is InChI=1S/C24H30N2O3/c1-3-14-26(23(27)18-29-22-11-7-8-19(2)17-22)21-12-15-25(16-13-21)24(28)20-9-5-4-6-10-20/h4-11,17,21H,3,12-16,18H2,1-2H3. The Hall–Kier alpha value is -2.82. The monoisotopic (exact) mass is 394 g/mol. The van der Waals surface area contributed by atoms with Crippen LogP contribution in [0.2, 0.25) is 0 Å². The quantitative estimate of drug-likeness (QED) is 0.715. The van der Waals surface area contributed by atoms with E-state index in [1.807, 2.05) is 71.3 Å². The molecule has 2 aromatic rings. The molecule has 3 rings (SSSR count). The minimum absolute atomic E-state index is 0.0150. The molecule has 0 unspecified atom stereocenters. The summed E-state index contributed by atoms with van der Waals surface area (Å²) < 4.78 is 5.73. The van der Waals surface area contributed by atoms with Gasteiger partial charge in [-0.1, -0.05) is 37.3 Å². The molecule has 1 aliphatic heterocycles. The van der Waals surface area contributed by atoms with Gasteiger partial charge in [0.05, 0.1) is 0 Å². The molecular weight excluding hydrogens is 364 g/mol. The number of rotatable bonds is 7. The molecule has 1 saturated heterocycles. The van der Waals surface area contributed by atoms with E-state index < -0.39 is 0 Å². The van der Waals surface area contributed by atoms with E-state index in [0.29, 0.717) is 19.6 Å². The fourth-order valence-electron chi connectivity index (χ4n) is 3.83. The maximum atomic E-state index is 12.8. The van der Waals surface area contributed by atoms with Gasteiger partial charge >= 0.3 is 0 Å². The Morgan fingerprint density at radius 3 is 2.45 bits per heavy atom. The van der Waals surface area contributed by atoms with Crippen molar-refractivity contribution in [2.45, 2.75) is 39.2 Å². The van der Waals surface area contributed by atoms with Gasteiger partial charge in [-0.15, -0.1) is 0 Å². The molecule has 2 amide bonds. The number of hydrogen-bond acceptors (Lipinski definition) is 3. The predicted octanol–water partition coefficient (Wildman–Crippen LogP) is 3.92. The molecule has 0 atom stereocenters. The maximum Gasteiger partial charge on any atom is 0.260 e. The SMILES string of the molecule is CCCN(C(=O)COc1cccc(C)c1)C1CCN(C(=O)c2ccccc2)CC1. The minimum Gasteiger partial charge on any atom is -0.484 e. The lowest BCUT2D eigenvalue weighted by Crippen LogP contribution is -2.50. The highest BCUT2D eigenvalue weighted by Crippen LogP contribution is 2.20. The van der Waals surface area contributed by atoms with Crippen molar-refractivity contribution in [3.05, 3.63) is 65.7 Å². The Morgan fingerprint density at radius 1 is 1.07 bits per heavy atom. The van der Waals surface area contributed by atoms with Crippen molar-refractivity contribution in [2.24, 2.45) is 0 Å². The van der Waals surface area contributed by atoms with Crippen LogP contribution in [0.3, 0.4) is 0 Å². The first kappa shape index (κ1) is 20.9. The largest absolute Gasteiger partial charge is 0.484 e. The Balaban J connectivity index is 1.55. The van der Waals surface area contributed by atoms with Crippen LogP contribution in [0.25, 0.3) is 0 Å². The van der Waals surface area contributed by atoms with E-state index in [9.17, 15) is 9.59 Å². The van der Waals surface area contributed by atoms with E-state index in [4.69, 9.17) is 4.74 Å².